The van der Waals surface area contributed by atoms with Gasteiger partial charge in [0.2, 0.25) is 5.95 Å². The Balaban J connectivity index is 0.00000363. The van der Waals surface area contributed by atoms with Crippen LogP contribution in [-0.4, -0.2) is 35.4 Å². The molecule has 3 rings (SSSR count). The maximum atomic E-state index is 10.8. The van der Waals surface area contributed by atoms with Gasteiger partial charge < -0.3 is 26.0 Å². The summed E-state index contributed by atoms with van der Waals surface area (Å²) in [4.78, 5) is 18.8. The topological polar surface area (TPSA) is 146 Å². The van der Waals surface area contributed by atoms with Crippen LogP contribution in [0.2, 0.25) is 0 Å². The zero-order valence-corrected chi connectivity index (χ0v) is 18.2. The van der Waals surface area contributed by atoms with Crippen molar-refractivity contribution in [2.45, 2.75) is 6.42 Å². The van der Waals surface area contributed by atoms with Gasteiger partial charge in [0.25, 0.3) is 0 Å². The van der Waals surface area contributed by atoms with E-state index in [1.54, 1.807) is 37.6 Å². The number of benzene rings is 2. The molecule has 0 aliphatic carbocycles. The lowest BCUT2D eigenvalue weighted by Gasteiger charge is -2.13. The van der Waals surface area contributed by atoms with Crippen molar-refractivity contribution in [1.29, 1.82) is 0 Å². The number of amides is 1. The summed E-state index contributed by atoms with van der Waals surface area (Å²) < 4.78 is 11.0. The first-order valence-electron chi connectivity index (χ1n) is 9.13. The van der Waals surface area contributed by atoms with E-state index >= 15 is 0 Å². The normalized spacial score (nSPS) is 9.69. The predicted molar refractivity (Wildman–Crippen MR) is 125 cm³/mol. The Morgan fingerprint density at radius 1 is 1.16 bits per heavy atom. The molecule has 0 saturated heterocycles. The summed E-state index contributed by atoms with van der Waals surface area (Å²) in [7, 11) is 3.08. The van der Waals surface area contributed by atoms with Crippen molar-refractivity contribution in [2.24, 2.45) is 0 Å². The Labute approximate surface area is 191 Å². The van der Waals surface area contributed by atoms with Gasteiger partial charge in [0, 0.05) is 29.4 Å². The summed E-state index contributed by atoms with van der Waals surface area (Å²) in [6.07, 6.45) is 0.884. The lowest BCUT2D eigenvalue weighted by atomic mass is 10.0. The SMILES string of the molecule is COc1cc(Cc2cnc(N)nc2N)cc(C#Cc2cccc(NC(=O)O)c2)c1OC.Cl. The minimum Gasteiger partial charge on any atom is -0.493 e. The molecule has 0 aliphatic rings. The van der Waals surface area contributed by atoms with Crippen molar-refractivity contribution in [2.75, 3.05) is 31.0 Å². The quantitative estimate of drug-likeness (QED) is 0.429. The molecule has 0 fully saturated rings. The Kier molecular flexibility index (Phi) is 8.10. The molecule has 9 nitrogen and oxygen atoms in total. The molecular weight excluding hydrogens is 434 g/mol. The van der Waals surface area contributed by atoms with E-state index in [0.717, 1.165) is 5.56 Å². The number of nitrogens with one attached hydrogen (secondary N) is 1. The number of rotatable bonds is 5. The first-order valence-corrected chi connectivity index (χ1v) is 9.13. The summed E-state index contributed by atoms with van der Waals surface area (Å²) in [6, 6.07) is 10.5. The fraction of sp³-hybridized carbons (Fsp3) is 0.136. The average Bonchev–Trinajstić information content (AvgIpc) is 2.73. The number of hydrogen-bond acceptors (Lipinski definition) is 7. The summed E-state index contributed by atoms with van der Waals surface area (Å²) in [5, 5.41) is 11.2. The van der Waals surface area contributed by atoms with E-state index in [2.05, 4.69) is 27.1 Å². The van der Waals surface area contributed by atoms with Crippen molar-refractivity contribution < 1.29 is 19.4 Å². The molecule has 32 heavy (non-hydrogen) atoms. The monoisotopic (exact) mass is 455 g/mol. The van der Waals surface area contributed by atoms with Gasteiger partial charge in [-0.15, -0.1) is 12.4 Å². The predicted octanol–water partition coefficient (Wildman–Crippen LogP) is 3.16. The third kappa shape index (κ3) is 5.93. The van der Waals surface area contributed by atoms with E-state index < -0.39 is 6.09 Å². The summed E-state index contributed by atoms with van der Waals surface area (Å²) in [6.45, 7) is 0. The van der Waals surface area contributed by atoms with E-state index in [4.69, 9.17) is 26.0 Å². The third-order valence-electron chi connectivity index (χ3n) is 4.31. The average molecular weight is 456 g/mol. The molecule has 3 aromatic rings. The summed E-state index contributed by atoms with van der Waals surface area (Å²) in [5.41, 5.74) is 14.8. The van der Waals surface area contributed by atoms with Crippen LogP contribution in [0.15, 0.2) is 42.6 Å². The number of nitrogen functional groups attached to an aromatic ring is 2. The van der Waals surface area contributed by atoms with Crippen LogP contribution < -0.4 is 26.3 Å². The number of ether oxygens (including phenoxy) is 2. The minimum atomic E-state index is -1.14. The Bertz CT molecular complexity index is 1190. The molecule has 1 amide bonds. The highest BCUT2D eigenvalue weighted by Gasteiger charge is 2.13. The maximum Gasteiger partial charge on any atom is 0.409 e. The molecular formula is C22H22ClN5O4. The fourth-order valence-corrected chi connectivity index (χ4v) is 2.94. The lowest BCUT2D eigenvalue weighted by molar-refractivity contribution is 0.210. The highest BCUT2D eigenvalue weighted by Crippen LogP contribution is 2.33. The fourth-order valence-electron chi connectivity index (χ4n) is 2.94. The van der Waals surface area contributed by atoms with Crippen molar-refractivity contribution >= 4 is 36.0 Å². The molecule has 10 heteroatoms. The number of halogens is 1. The minimum absolute atomic E-state index is 0. The standard InChI is InChI=1S/C22H21N5O4.ClH/c1-30-18-11-14(9-16-12-25-21(24)27-20(16)23)8-15(19(18)31-2)7-6-13-4-3-5-17(10-13)26-22(28)29;/h3-5,8,10-12,26H,9H2,1-2H3,(H,28,29)(H4,23,24,25,27);1H. The number of aromatic nitrogens is 2. The summed E-state index contributed by atoms with van der Waals surface area (Å²) in [5.74, 6) is 7.51. The highest BCUT2D eigenvalue weighted by molar-refractivity contribution is 5.85. The molecule has 0 bridgehead atoms. The number of methoxy groups -OCH3 is 2. The number of anilines is 3. The molecule has 0 spiro atoms. The molecule has 1 aromatic heterocycles. The second-order valence-corrected chi connectivity index (χ2v) is 6.46. The van der Waals surface area contributed by atoms with Crippen LogP contribution in [0.4, 0.5) is 22.2 Å². The first kappa shape index (κ1) is 24.1. The molecule has 166 valence electrons. The second-order valence-electron chi connectivity index (χ2n) is 6.46. The van der Waals surface area contributed by atoms with Gasteiger partial charge in [-0.3, -0.25) is 5.32 Å². The summed E-state index contributed by atoms with van der Waals surface area (Å²) >= 11 is 0. The van der Waals surface area contributed by atoms with Gasteiger partial charge >= 0.3 is 6.09 Å². The lowest BCUT2D eigenvalue weighted by Crippen LogP contribution is -2.06. The van der Waals surface area contributed by atoms with Crippen LogP contribution in [0.1, 0.15) is 22.3 Å². The molecule has 1 heterocycles. The first-order chi connectivity index (χ1) is 14.9. The molecule has 0 atom stereocenters. The molecule has 0 saturated carbocycles. The highest BCUT2D eigenvalue weighted by atomic mass is 35.5. The van der Waals surface area contributed by atoms with Crippen molar-refractivity contribution in [3.05, 3.63) is 64.8 Å². The maximum absolute atomic E-state index is 10.8. The van der Waals surface area contributed by atoms with Gasteiger partial charge in [0.1, 0.15) is 5.82 Å². The van der Waals surface area contributed by atoms with Gasteiger partial charge in [-0.25, -0.2) is 9.78 Å². The Morgan fingerprint density at radius 2 is 1.94 bits per heavy atom. The zero-order chi connectivity index (χ0) is 22.4. The molecule has 0 unspecified atom stereocenters. The van der Waals surface area contributed by atoms with E-state index in [9.17, 15) is 4.79 Å². The molecule has 6 N–H and O–H groups in total. The van der Waals surface area contributed by atoms with Gasteiger partial charge in [-0.05, 0) is 35.9 Å². The second kappa shape index (κ2) is 10.7. The number of nitrogens with two attached hydrogens (primary N) is 2. The van der Waals surface area contributed by atoms with Crippen LogP contribution in [0.25, 0.3) is 0 Å². The zero-order valence-electron chi connectivity index (χ0n) is 17.4. The van der Waals surface area contributed by atoms with Crippen LogP contribution >= 0.6 is 12.4 Å². The van der Waals surface area contributed by atoms with E-state index in [-0.39, 0.29) is 18.4 Å². The van der Waals surface area contributed by atoms with Gasteiger partial charge in [-0.1, -0.05) is 17.9 Å². The largest absolute Gasteiger partial charge is 0.493 e. The Hall–Kier alpha value is -4.16. The van der Waals surface area contributed by atoms with Gasteiger partial charge in [0.15, 0.2) is 11.5 Å². The number of hydrogen-bond donors (Lipinski definition) is 4. The number of nitrogens with zero attached hydrogens (tertiary/aromatic N) is 2. The van der Waals surface area contributed by atoms with E-state index in [0.29, 0.717) is 46.1 Å². The van der Waals surface area contributed by atoms with Crippen LogP contribution in [0.3, 0.4) is 0 Å². The van der Waals surface area contributed by atoms with Crippen molar-refractivity contribution in [3.8, 4) is 23.3 Å². The van der Waals surface area contributed by atoms with Gasteiger partial charge in [-0.2, -0.15) is 4.98 Å². The van der Waals surface area contributed by atoms with E-state index in [1.165, 1.54) is 7.11 Å². The Morgan fingerprint density at radius 3 is 2.59 bits per heavy atom. The number of carbonyl (C=O) groups is 1. The van der Waals surface area contributed by atoms with Crippen molar-refractivity contribution in [3.63, 3.8) is 0 Å². The van der Waals surface area contributed by atoms with Crippen LogP contribution in [-0.2, 0) is 6.42 Å². The van der Waals surface area contributed by atoms with Gasteiger partial charge in [0.05, 0.1) is 19.8 Å². The smallest absolute Gasteiger partial charge is 0.409 e. The third-order valence-corrected chi connectivity index (χ3v) is 4.31. The van der Waals surface area contributed by atoms with Crippen molar-refractivity contribution in [1.82, 2.24) is 9.97 Å². The van der Waals surface area contributed by atoms with Crippen LogP contribution in [0.5, 0.6) is 11.5 Å². The number of carboxylic acid groups (broad SMARTS) is 1. The van der Waals surface area contributed by atoms with E-state index in [1.807, 2.05) is 12.1 Å². The molecule has 2 aromatic carbocycles. The molecule has 0 aliphatic heterocycles. The van der Waals surface area contributed by atoms with Crippen LogP contribution in [0, 0.1) is 11.8 Å². The molecule has 0 radical (unpaired) electrons.